The van der Waals surface area contributed by atoms with Crippen molar-refractivity contribution in [3.63, 3.8) is 0 Å². The zero-order chi connectivity index (χ0) is 12.8. The van der Waals surface area contributed by atoms with Crippen LogP contribution in [0.15, 0.2) is 36.5 Å². The van der Waals surface area contributed by atoms with E-state index in [1.54, 1.807) is 24.3 Å². The number of anilines is 2. The van der Waals surface area contributed by atoms with Crippen LogP contribution in [0.25, 0.3) is 0 Å². The van der Waals surface area contributed by atoms with Gasteiger partial charge >= 0.3 is 0 Å². The summed E-state index contributed by atoms with van der Waals surface area (Å²) in [6, 6.07) is 8.00. The Bertz CT molecular complexity index is 480. The molecule has 1 heterocycles. The molecule has 0 bridgehead atoms. The molecule has 0 fully saturated rings. The maximum absolute atomic E-state index is 8.88. The fourth-order valence-electron chi connectivity index (χ4n) is 1.07. The van der Waals surface area contributed by atoms with E-state index in [-0.39, 0.29) is 17.3 Å². The Kier molecular flexibility index (Phi) is 4.16. The van der Waals surface area contributed by atoms with E-state index in [0.717, 1.165) is 5.56 Å². The second-order valence-electron chi connectivity index (χ2n) is 3.45. The van der Waals surface area contributed by atoms with E-state index in [2.05, 4.69) is 4.98 Å². The van der Waals surface area contributed by atoms with E-state index in [1.165, 1.54) is 12.3 Å². The third-order valence-electron chi connectivity index (χ3n) is 2.07. The van der Waals surface area contributed by atoms with Crippen molar-refractivity contribution in [1.82, 2.24) is 4.98 Å². The SMILES string of the molecule is Cc1cc(O)ccc1N.Nc1ncccc1O. The molecule has 1 aromatic carbocycles. The molecule has 90 valence electrons. The van der Waals surface area contributed by atoms with Gasteiger partial charge in [0.25, 0.3) is 0 Å². The summed E-state index contributed by atoms with van der Waals surface area (Å²) < 4.78 is 0. The number of aromatic nitrogens is 1. The van der Waals surface area contributed by atoms with Gasteiger partial charge in [-0.1, -0.05) is 0 Å². The summed E-state index contributed by atoms with van der Waals surface area (Å²) >= 11 is 0. The smallest absolute Gasteiger partial charge is 0.165 e. The van der Waals surface area contributed by atoms with Crippen molar-refractivity contribution in [3.8, 4) is 11.5 Å². The van der Waals surface area contributed by atoms with Gasteiger partial charge in [0.15, 0.2) is 11.6 Å². The lowest BCUT2D eigenvalue weighted by molar-refractivity contribution is 0.475. The molecule has 17 heavy (non-hydrogen) atoms. The highest BCUT2D eigenvalue weighted by molar-refractivity contribution is 5.49. The van der Waals surface area contributed by atoms with Crippen molar-refractivity contribution in [3.05, 3.63) is 42.1 Å². The number of pyridine rings is 1. The predicted molar refractivity (Wildman–Crippen MR) is 67.6 cm³/mol. The molecule has 6 N–H and O–H groups in total. The van der Waals surface area contributed by atoms with E-state index in [0.29, 0.717) is 5.69 Å². The number of aromatic hydroxyl groups is 2. The van der Waals surface area contributed by atoms with Gasteiger partial charge in [0.2, 0.25) is 0 Å². The number of nitrogen functional groups attached to an aromatic ring is 2. The van der Waals surface area contributed by atoms with Gasteiger partial charge in [-0.15, -0.1) is 0 Å². The molecule has 0 aliphatic heterocycles. The number of phenols is 1. The Morgan fingerprint density at radius 1 is 1.12 bits per heavy atom. The summed E-state index contributed by atoms with van der Waals surface area (Å²) in [7, 11) is 0. The van der Waals surface area contributed by atoms with Crippen LogP contribution < -0.4 is 11.5 Å². The quantitative estimate of drug-likeness (QED) is 0.409. The second-order valence-corrected chi connectivity index (χ2v) is 3.45. The number of phenolic OH excluding ortho intramolecular Hbond substituents is 1. The molecule has 0 saturated carbocycles. The first-order valence-electron chi connectivity index (χ1n) is 4.95. The van der Waals surface area contributed by atoms with E-state index in [1.807, 2.05) is 6.92 Å². The summed E-state index contributed by atoms with van der Waals surface area (Å²) in [6.07, 6.45) is 1.52. The number of hydrogen-bond acceptors (Lipinski definition) is 5. The van der Waals surface area contributed by atoms with Crippen molar-refractivity contribution < 1.29 is 10.2 Å². The number of nitrogens with two attached hydrogens (primary N) is 2. The molecule has 0 spiro atoms. The minimum Gasteiger partial charge on any atom is -0.508 e. The van der Waals surface area contributed by atoms with Gasteiger partial charge in [-0.3, -0.25) is 0 Å². The topological polar surface area (TPSA) is 105 Å². The predicted octanol–water partition coefficient (Wildman–Crippen LogP) is 1.65. The first-order chi connectivity index (χ1) is 8.00. The molecule has 0 unspecified atom stereocenters. The van der Waals surface area contributed by atoms with Crippen molar-refractivity contribution in [2.45, 2.75) is 6.92 Å². The highest BCUT2D eigenvalue weighted by Gasteiger charge is 1.91. The van der Waals surface area contributed by atoms with Crippen LogP contribution >= 0.6 is 0 Å². The fourth-order valence-corrected chi connectivity index (χ4v) is 1.07. The van der Waals surface area contributed by atoms with Gasteiger partial charge in [-0.25, -0.2) is 4.98 Å². The Labute approximate surface area is 99.3 Å². The van der Waals surface area contributed by atoms with E-state index < -0.39 is 0 Å². The maximum atomic E-state index is 8.88. The third kappa shape index (κ3) is 3.90. The van der Waals surface area contributed by atoms with Crippen LogP contribution in [0, 0.1) is 6.92 Å². The van der Waals surface area contributed by atoms with Gasteiger partial charge < -0.3 is 21.7 Å². The monoisotopic (exact) mass is 233 g/mol. The van der Waals surface area contributed by atoms with Gasteiger partial charge in [0.05, 0.1) is 0 Å². The average molecular weight is 233 g/mol. The van der Waals surface area contributed by atoms with Crippen molar-refractivity contribution in [1.29, 1.82) is 0 Å². The zero-order valence-electron chi connectivity index (χ0n) is 9.46. The molecule has 2 rings (SSSR count). The highest BCUT2D eigenvalue weighted by atomic mass is 16.3. The van der Waals surface area contributed by atoms with Crippen LogP contribution in [0.1, 0.15) is 5.56 Å². The minimum atomic E-state index is 0.0347. The van der Waals surface area contributed by atoms with Crippen molar-refractivity contribution in [2.24, 2.45) is 0 Å². The Morgan fingerprint density at radius 2 is 1.82 bits per heavy atom. The summed E-state index contributed by atoms with van der Waals surface area (Å²) in [6.45, 7) is 1.86. The fraction of sp³-hybridized carbons (Fsp3) is 0.0833. The lowest BCUT2D eigenvalue weighted by Gasteiger charge is -1.97. The van der Waals surface area contributed by atoms with Gasteiger partial charge in [0.1, 0.15) is 5.75 Å². The molecule has 2 aromatic rings. The standard InChI is InChI=1S/C7H9NO.C5H6N2O/c1-5-4-6(9)2-3-7(5)8;6-5-4(8)2-1-3-7-5/h2-4,9H,8H2,1H3;1-3,8H,(H2,6,7). The molecule has 0 radical (unpaired) electrons. The average Bonchev–Trinajstić information content (AvgIpc) is 2.29. The van der Waals surface area contributed by atoms with Crippen LogP contribution in [0.3, 0.4) is 0 Å². The number of aryl methyl sites for hydroxylation is 1. The molecule has 5 heteroatoms. The lowest BCUT2D eigenvalue weighted by atomic mass is 10.2. The van der Waals surface area contributed by atoms with Crippen LogP contribution in [-0.4, -0.2) is 15.2 Å². The molecule has 0 saturated heterocycles. The first kappa shape index (κ1) is 12.6. The van der Waals surface area contributed by atoms with Gasteiger partial charge in [-0.2, -0.15) is 0 Å². The Hall–Kier alpha value is -2.43. The van der Waals surface area contributed by atoms with E-state index in [9.17, 15) is 0 Å². The van der Waals surface area contributed by atoms with Crippen LogP contribution in [0.5, 0.6) is 11.5 Å². The van der Waals surface area contributed by atoms with E-state index in [4.69, 9.17) is 21.7 Å². The van der Waals surface area contributed by atoms with Gasteiger partial charge in [-0.05, 0) is 42.8 Å². The largest absolute Gasteiger partial charge is 0.508 e. The minimum absolute atomic E-state index is 0.0347. The molecule has 0 aliphatic rings. The third-order valence-corrected chi connectivity index (χ3v) is 2.07. The second kappa shape index (κ2) is 5.60. The normalized spacial score (nSPS) is 9.24. The molecule has 0 amide bonds. The maximum Gasteiger partial charge on any atom is 0.165 e. The molecule has 5 nitrogen and oxygen atoms in total. The number of nitrogens with zero attached hydrogens (tertiary/aromatic N) is 1. The summed E-state index contributed by atoms with van der Waals surface area (Å²) in [5, 5.41) is 17.6. The molecule has 0 aliphatic carbocycles. The zero-order valence-corrected chi connectivity index (χ0v) is 9.46. The summed E-state index contributed by atoms with van der Waals surface area (Å²) in [4.78, 5) is 3.61. The van der Waals surface area contributed by atoms with Crippen molar-refractivity contribution >= 4 is 11.5 Å². The van der Waals surface area contributed by atoms with Crippen molar-refractivity contribution in [2.75, 3.05) is 11.5 Å². The molecule has 0 atom stereocenters. The Balaban J connectivity index is 0.000000171. The first-order valence-corrected chi connectivity index (χ1v) is 4.95. The molecule has 1 aromatic heterocycles. The van der Waals surface area contributed by atoms with Crippen LogP contribution in [0.2, 0.25) is 0 Å². The summed E-state index contributed by atoms with van der Waals surface area (Å²) in [5.74, 6) is 0.474. The van der Waals surface area contributed by atoms with Crippen LogP contribution in [-0.2, 0) is 0 Å². The molecular weight excluding hydrogens is 218 g/mol. The molecular formula is C12H15N3O2. The van der Waals surface area contributed by atoms with Crippen LogP contribution in [0.4, 0.5) is 11.5 Å². The Morgan fingerprint density at radius 3 is 2.24 bits per heavy atom. The van der Waals surface area contributed by atoms with Gasteiger partial charge in [0, 0.05) is 11.9 Å². The number of benzene rings is 1. The number of rotatable bonds is 0. The highest BCUT2D eigenvalue weighted by Crippen LogP contribution is 2.16. The lowest BCUT2D eigenvalue weighted by Crippen LogP contribution is -1.87. The summed E-state index contributed by atoms with van der Waals surface area (Å²) in [5.41, 5.74) is 12.3. The van der Waals surface area contributed by atoms with E-state index >= 15 is 0 Å². The number of hydrogen-bond donors (Lipinski definition) is 4.